The number of esters is 1. The van der Waals surface area contributed by atoms with Crippen LogP contribution < -0.4 is 46.4 Å². The molecule has 24 nitrogen and oxygen atoms in total. The summed E-state index contributed by atoms with van der Waals surface area (Å²) in [7, 11) is 2.96. The van der Waals surface area contributed by atoms with E-state index < -0.39 is 29.9 Å². The van der Waals surface area contributed by atoms with E-state index in [2.05, 4.69) is 30.8 Å². The SMILES string of the molecule is CCN(CC)c1ccc2c(COC(=O)Nc3nc(N)ncc3Cc3cc(OC)c(OCCCNC(=O)CCC(=O)NCCOCCOCCOCCOCCOCCOCCCCCCCl)c(OC)c3)c(/C=C/C(=O)OC(C)(C)C)c(=O)oc2c1. The van der Waals surface area contributed by atoms with Crippen molar-refractivity contribution in [1.82, 2.24) is 20.6 Å². The molecule has 25 heteroatoms. The second-order valence-electron chi connectivity index (χ2n) is 20.0. The Labute approximate surface area is 503 Å². The highest BCUT2D eigenvalue weighted by atomic mass is 35.5. The zero-order valence-electron chi connectivity index (χ0n) is 50.4. The van der Waals surface area contributed by atoms with Gasteiger partial charge in [-0.05, 0) is 89.8 Å². The molecule has 2 heterocycles. The van der Waals surface area contributed by atoms with E-state index in [1.165, 1.54) is 26.5 Å². The number of aromatic nitrogens is 2. The number of halogens is 1. The number of benzene rings is 2. The van der Waals surface area contributed by atoms with Crippen molar-refractivity contribution in [1.29, 1.82) is 0 Å². The van der Waals surface area contributed by atoms with Gasteiger partial charge >= 0.3 is 17.7 Å². The van der Waals surface area contributed by atoms with Crippen molar-refractivity contribution in [3.63, 3.8) is 0 Å². The summed E-state index contributed by atoms with van der Waals surface area (Å²) < 4.78 is 67.4. The number of carbonyl (C=O) groups excluding carboxylic acids is 4. The van der Waals surface area contributed by atoms with E-state index in [1.807, 2.05) is 19.9 Å². The van der Waals surface area contributed by atoms with Crippen molar-refractivity contribution in [2.45, 2.75) is 98.2 Å². The van der Waals surface area contributed by atoms with Crippen LogP contribution in [0.1, 0.15) is 102 Å². The fraction of sp³-hybridized carbons (Fsp3) is 0.583. The number of unbranched alkanes of at least 4 members (excludes halogenated alkanes) is 3. The Morgan fingerprint density at radius 3 is 1.88 bits per heavy atom. The molecule has 85 heavy (non-hydrogen) atoms. The highest BCUT2D eigenvalue weighted by Crippen LogP contribution is 2.39. The lowest BCUT2D eigenvalue weighted by atomic mass is 10.0. The molecule has 3 amide bonds. The molecule has 472 valence electrons. The topological polar surface area (TPSA) is 291 Å². The minimum Gasteiger partial charge on any atom is -0.493 e. The van der Waals surface area contributed by atoms with Crippen LogP contribution in [0.2, 0.25) is 0 Å². The van der Waals surface area contributed by atoms with Crippen LogP contribution in [0.5, 0.6) is 17.2 Å². The van der Waals surface area contributed by atoms with E-state index in [9.17, 15) is 24.0 Å². The molecule has 0 unspecified atom stereocenters. The number of nitrogens with one attached hydrogen (secondary N) is 3. The van der Waals surface area contributed by atoms with E-state index in [1.54, 1.807) is 45.0 Å². The van der Waals surface area contributed by atoms with Gasteiger partial charge in [-0.15, -0.1) is 11.6 Å². The third-order valence-corrected chi connectivity index (χ3v) is 12.7. The summed E-state index contributed by atoms with van der Waals surface area (Å²) >= 11 is 5.68. The van der Waals surface area contributed by atoms with Crippen molar-refractivity contribution < 1.29 is 75.7 Å². The predicted octanol–water partition coefficient (Wildman–Crippen LogP) is 7.40. The first-order valence-electron chi connectivity index (χ1n) is 28.8. The molecule has 0 bridgehead atoms. The first-order chi connectivity index (χ1) is 41.1. The molecule has 4 aromatic rings. The minimum atomic E-state index is -0.924. The fourth-order valence-electron chi connectivity index (χ4n) is 8.19. The van der Waals surface area contributed by atoms with E-state index in [0.717, 1.165) is 49.9 Å². The Morgan fingerprint density at radius 2 is 1.31 bits per heavy atom. The summed E-state index contributed by atoms with van der Waals surface area (Å²) in [6.07, 6.45) is 7.95. The van der Waals surface area contributed by atoms with Crippen LogP contribution >= 0.6 is 11.6 Å². The van der Waals surface area contributed by atoms with Gasteiger partial charge in [0.05, 0.1) is 99.1 Å². The summed E-state index contributed by atoms with van der Waals surface area (Å²) in [6, 6.07) is 8.86. The number of anilines is 3. The number of nitrogens with two attached hydrogens (primary N) is 1. The van der Waals surface area contributed by atoms with Gasteiger partial charge in [-0.1, -0.05) is 12.8 Å². The van der Waals surface area contributed by atoms with Crippen LogP contribution in [0.15, 0.2) is 51.8 Å². The van der Waals surface area contributed by atoms with Gasteiger partial charge in [0.15, 0.2) is 11.5 Å². The standard InChI is InChI=1S/C60H88ClN7O17/c1-8-68(9-2)45-15-16-46-48(47(57(72)84-49(46)40-45)17-20-54(71)85-60(3,4)5)42-83-59(73)67-56-44(41-65-58(62)66-56)37-43-38-50(74-6)55(51(39-43)75-7)82-25-14-22-63-52(69)18-19-53(70)64-23-26-77-28-30-79-32-34-81-36-35-80-33-31-78-29-27-76-24-13-11-10-12-21-61/h15-17,20,38-41H,8-14,18-19,21-37,42H2,1-7H3,(H,63,69)(H,64,70)(H3,62,65,66,67,73)/b20-17+. The summed E-state index contributed by atoms with van der Waals surface area (Å²) in [5, 5.41) is 8.70. The Kier molecular flexibility index (Phi) is 33.7. The van der Waals surface area contributed by atoms with Crippen LogP contribution in [0, 0.1) is 0 Å². The number of ether oxygens (including phenoxy) is 11. The maximum absolute atomic E-state index is 13.6. The second-order valence-corrected chi connectivity index (χ2v) is 20.4. The molecule has 0 fully saturated rings. The molecule has 0 spiro atoms. The Hall–Kier alpha value is -6.80. The molecule has 2 aromatic heterocycles. The summed E-state index contributed by atoms with van der Waals surface area (Å²) in [6.45, 7) is 16.7. The Balaban J connectivity index is 1.14. The molecule has 0 aliphatic carbocycles. The largest absolute Gasteiger partial charge is 0.493 e. The molecule has 0 radical (unpaired) electrons. The highest BCUT2D eigenvalue weighted by Gasteiger charge is 2.21. The summed E-state index contributed by atoms with van der Waals surface area (Å²) in [4.78, 5) is 75.1. The number of alkyl halides is 1. The number of nitrogen functional groups attached to an aromatic ring is 1. The average molecular weight is 1210 g/mol. The fourth-order valence-corrected chi connectivity index (χ4v) is 8.38. The summed E-state index contributed by atoms with van der Waals surface area (Å²) in [5.41, 5.74) is 6.96. The molecule has 0 saturated carbocycles. The average Bonchev–Trinajstić information content (AvgIpc) is 3.03. The van der Waals surface area contributed by atoms with Gasteiger partial charge in [0, 0.05) is 98.5 Å². The number of hydrogen-bond donors (Lipinski definition) is 4. The van der Waals surface area contributed by atoms with Gasteiger partial charge in [0.1, 0.15) is 23.6 Å². The van der Waals surface area contributed by atoms with Gasteiger partial charge in [0.25, 0.3) is 0 Å². The number of amides is 3. The number of fused-ring (bicyclic) bond motifs is 1. The highest BCUT2D eigenvalue weighted by molar-refractivity contribution is 6.17. The van der Waals surface area contributed by atoms with Crippen molar-refractivity contribution in [2.24, 2.45) is 0 Å². The van der Waals surface area contributed by atoms with E-state index in [4.69, 9.17) is 73.9 Å². The van der Waals surface area contributed by atoms with Crippen LogP contribution in [0.25, 0.3) is 17.0 Å². The molecule has 2 aromatic carbocycles. The molecular weight excluding hydrogens is 1130 g/mol. The van der Waals surface area contributed by atoms with E-state index in [-0.39, 0.29) is 60.6 Å². The Morgan fingerprint density at radius 1 is 0.729 bits per heavy atom. The van der Waals surface area contributed by atoms with Crippen LogP contribution in [-0.2, 0) is 65.3 Å². The lowest BCUT2D eigenvalue weighted by Crippen LogP contribution is -2.30. The third kappa shape index (κ3) is 27.9. The smallest absolute Gasteiger partial charge is 0.413 e. The van der Waals surface area contributed by atoms with Gasteiger partial charge < -0.3 is 77.8 Å². The molecule has 0 aliphatic heterocycles. The molecule has 0 aliphatic rings. The lowest BCUT2D eigenvalue weighted by molar-refractivity contribution is -0.148. The molecule has 5 N–H and O–H groups in total. The maximum atomic E-state index is 13.6. The number of hydrogen-bond acceptors (Lipinski definition) is 21. The number of nitrogens with zero attached hydrogens (tertiary/aromatic N) is 3. The summed E-state index contributed by atoms with van der Waals surface area (Å²) in [5.74, 6) is 0.461. The van der Waals surface area contributed by atoms with Crippen LogP contribution in [0.3, 0.4) is 0 Å². The minimum absolute atomic E-state index is 0.00348. The van der Waals surface area contributed by atoms with Gasteiger partial charge in [-0.2, -0.15) is 4.98 Å². The van der Waals surface area contributed by atoms with E-state index in [0.29, 0.717) is 145 Å². The van der Waals surface area contributed by atoms with Crippen LogP contribution in [-0.4, -0.2) is 172 Å². The second kappa shape index (κ2) is 40.5. The number of carbonyl (C=O) groups is 4. The zero-order valence-corrected chi connectivity index (χ0v) is 51.2. The molecular formula is C60H88ClN7O17. The van der Waals surface area contributed by atoms with Crippen LogP contribution in [0.4, 0.5) is 22.2 Å². The third-order valence-electron chi connectivity index (χ3n) is 12.4. The predicted molar refractivity (Wildman–Crippen MR) is 323 cm³/mol. The lowest BCUT2D eigenvalue weighted by Gasteiger charge is -2.21. The maximum Gasteiger partial charge on any atom is 0.413 e. The van der Waals surface area contributed by atoms with Crippen molar-refractivity contribution in [2.75, 3.05) is 148 Å². The van der Waals surface area contributed by atoms with Crippen molar-refractivity contribution >= 4 is 70.0 Å². The van der Waals surface area contributed by atoms with Gasteiger partial charge in [-0.3, -0.25) is 14.9 Å². The molecule has 4 rings (SSSR count). The first-order valence-corrected chi connectivity index (χ1v) is 29.4. The van der Waals surface area contributed by atoms with Gasteiger partial charge in [0.2, 0.25) is 23.5 Å². The van der Waals surface area contributed by atoms with Crippen molar-refractivity contribution in [3.8, 4) is 17.2 Å². The first kappa shape index (κ1) is 70.7. The normalized spacial score (nSPS) is 11.4. The van der Waals surface area contributed by atoms with E-state index >= 15 is 0 Å². The quantitative estimate of drug-likeness (QED) is 0.0110. The number of methoxy groups -OCH3 is 2. The molecule has 0 atom stereocenters. The zero-order chi connectivity index (χ0) is 61.7. The monoisotopic (exact) mass is 1210 g/mol. The molecule has 0 saturated heterocycles. The van der Waals surface area contributed by atoms with Gasteiger partial charge in [-0.25, -0.2) is 19.4 Å². The van der Waals surface area contributed by atoms with Crippen molar-refractivity contribution in [3.05, 3.63) is 75.3 Å². The number of rotatable bonds is 44. The Bertz CT molecular complexity index is 2710.